The maximum absolute atomic E-state index is 12.3. The van der Waals surface area contributed by atoms with Crippen molar-refractivity contribution in [1.29, 1.82) is 0 Å². The predicted molar refractivity (Wildman–Crippen MR) is 97.2 cm³/mol. The summed E-state index contributed by atoms with van der Waals surface area (Å²) >= 11 is 0. The molecule has 2 aromatic heterocycles. The Morgan fingerprint density at radius 3 is 2.50 bits per heavy atom. The van der Waals surface area contributed by atoms with Gasteiger partial charge >= 0.3 is 0 Å². The van der Waals surface area contributed by atoms with E-state index in [1.807, 2.05) is 29.7 Å². The fourth-order valence-corrected chi connectivity index (χ4v) is 2.79. The minimum atomic E-state index is 0.0726. The summed E-state index contributed by atoms with van der Waals surface area (Å²) in [6.07, 6.45) is 2.38. The summed E-state index contributed by atoms with van der Waals surface area (Å²) in [7, 11) is 3.57. The summed E-state index contributed by atoms with van der Waals surface area (Å²) in [6, 6.07) is 10.4. The van der Waals surface area contributed by atoms with E-state index >= 15 is 0 Å². The second kappa shape index (κ2) is 6.11. The first-order chi connectivity index (χ1) is 11.4. The number of carbonyl (C=O) groups is 1. The van der Waals surface area contributed by atoms with Crippen molar-refractivity contribution in [2.75, 3.05) is 14.1 Å². The minimum absolute atomic E-state index is 0.0726. The summed E-state index contributed by atoms with van der Waals surface area (Å²) in [4.78, 5) is 18.8. The van der Waals surface area contributed by atoms with E-state index in [2.05, 4.69) is 32.0 Å². The van der Waals surface area contributed by atoms with E-state index in [1.54, 1.807) is 19.0 Å². The van der Waals surface area contributed by atoms with Crippen LogP contribution in [-0.2, 0) is 11.2 Å². The molecule has 0 spiro atoms. The van der Waals surface area contributed by atoms with Crippen molar-refractivity contribution >= 4 is 11.6 Å². The van der Waals surface area contributed by atoms with E-state index in [1.165, 1.54) is 11.1 Å². The Labute approximate surface area is 142 Å². The van der Waals surface area contributed by atoms with Gasteiger partial charge in [-0.3, -0.25) is 4.79 Å². The first-order valence-electron chi connectivity index (χ1n) is 8.12. The van der Waals surface area contributed by atoms with Crippen LogP contribution in [0.4, 0.5) is 0 Å². The molecule has 1 amide bonds. The zero-order valence-corrected chi connectivity index (χ0v) is 14.9. The maximum atomic E-state index is 12.3. The smallest absolute Gasteiger partial charge is 0.228 e. The van der Waals surface area contributed by atoms with Crippen LogP contribution >= 0.6 is 0 Å². The van der Waals surface area contributed by atoms with E-state index in [4.69, 9.17) is 4.98 Å². The molecule has 0 aliphatic rings. The van der Waals surface area contributed by atoms with Gasteiger partial charge in [0.1, 0.15) is 5.65 Å². The number of fused-ring (bicyclic) bond motifs is 1. The highest BCUT2D eigenvalue weighted by Crippen LogP contribution is 2.27. The van der Waals surface area contributed by atoms with Crippen LogP contribution in [-0.4, -0.2) is 34.3 Å². The molecule has 0 fully saturated rings. The number of hydrogen-bond donors (Lipinski definition) is 0. The Balaban J connectivity index is 2.22. The lowest BCUT2D eigenvalue weighted by Crippen LogP contribution is -2.24. The number of imidazole rings is 1. The van der Waals surface area contributed by atoms with E-state index in [0.29, 0.717) is 6.42 Å². The lowest BCUT2D eigenvalue weighted by atomic mass is 10.0. The van der Waals surface area contributed by atoms with Crippen molar-refractivity contribution < 1.29 is 4.79 Å². The van der Waals surface area contributed by atoms with Crippen LogP contribution in [0.3, 0.4) is 0 Å². The molecule has 124 valence electrons. The normalized spacial score (nSPS) is 11.0. The number of rotatable bonds is 3. The van der Waals surface area contributed by atoms with Gasteiger partial charge in [-0.15, -0.1) is 0 Å². The summed E-state index contributed by atoms with van der Waals surface area (Å²) < 4.78 is 2.04. The van der Waals surface area contributed by atoms with Gasteiger partial charge in [0.25, 0.3) is 0 Å². The number of carbonyl (C=O) groups excluding carboxylic acids is 1. The number of benzene rings is 1. The third-order valence-corrected chi connectivity index (χ3v) is 4.46. The van der Waals surface area contributed by atoms with Crippen molar-refractivity contribution in [3.8, 4) is 11.3 Å². The van der Waals surface area contributed by atoms with Crippen LogP contribution in [0.15, 0.2) is 36.5 Å². The average molecular weight is 321 g/mol. The standard InChI is InChI=1S/C20H23N3O/c1-13-6-9-18-21-20(16-8-7-14(2)15(3)10-16)17(23(18)12-13)11-19(24)22(4)5/h6-10,12H,11H2,1-5H3. The summed E-state index contributed by atoms with van der Waals surface area (Å²) in [5.74, 6) is 0.0726. The molecule has 2 heterocycles. The molecule has 0 saturated heterocycles. The Bertz CT molecular complexity index is 922. The second-order valence-electron chi connectivity index (χ2n) is 6.61. The number of hydrogen-bond acceptors (Lipinski definition) is 2. The quantitative estimate of drug-likeness (QED) is 0.740. The first kappa shape index (κ1) is 16.2. The van der Waals surface area contributed by atoms with Crippen LogP contribution in [0.2, 0.25) is 0 Å². The molecule has 4 heteroatoms. The molecule has 0 unspecified atom stereocenters. The van der Waals surface area contributed by atoms with Gasteiger partial charge in [0, 0.05) is 25.9 Å². The van der Waals surface area contributed by atoms with Crippen LogP contribution in [0, 0.1) is 20.8 Å². The Hall–Kier alpha value is -2.62. The average Bonchev–Trinajstić information content (AvgIpc) is 2.88. The molecule has 0 aliphatic heterocycles. The van der Waals surface area contributed by atoms with Crippen molar-refractivity contribution in [3.63, 3.8) is 0 Å². The Morgan fingerprint density at radius 1 is 1.08 bits per heavy atom. The van der Waals surface area contributed by atoms with E-state index in [9.17, 15) is 4.79 Å². The second-order valence-corrected chi connectivity index (χ2v) is 6.61. The summed E-state index contributed by atoms with van der Waals surface area (Å²) in [5, 5.41) is 0. The SMILES string of the molecule is Cc1ccc2nc(-c3ccc(C)c(C)c3)c(CC(=O)N(C)C)n2c1. The number of nitrogens with zero attached hydrogens (tertiary/aromatic N) is 3. The minimum Gasteiger partial charge on any atom is -0.348 e. The summed E-state index contributed by atoms with van der Waals surface area (Å²) in [5.41, 5.74) is 7.38. The molecule has 0 radical (unpaired) electrons. The molecule has 3 aromatic rings. The van der Waals surface area contributed by atoms with E-state index in [0.717, 1.165) is 28.2 Å². The monoisotopic (exact) mass is 321 g/mol. The maximum Gasteiger partial charge on any atom is 0.228 e. The molecular formula is C20H23N3O. The molecule has 24 heavy (non-hydrogen) atoms. The number of pyridine rings is 1. The Morgan fingerprint density at radius 2 is 1.83 bits per heavy atom. The van der Waals surface area contributed by atoms with Crippen molar-refractivity contribution in [3.05, 3.63) is 58.9 Å². The first-order valence-corrected chi connectivity index (χ1v) is 8.12. The van der Waals surface area contributed by atoms with E-state index in [-0.39, 0.29) is 5.91 Å². The van der Waals surface area contributed by atoms with Gasteiger partial charge in [-0.1, -0.05) is 18.2 Å². The predicted octanol–water partition coefficient (Wildman–Crippen LogP) is 3.56. The molecule has 4 nitrogen and oxygen atoms in total. The van der Waals surface area contributed by atoms with Crippen LogP contribution in [0.1, 0.15) is 22.4 Å². The lowest BCUT2D eigenvalue weighted by Gasteiger charge is -2.12. The zero-order valence-electron chi connectivity index (χ0n) is 14.9. The van der Waals surface area contributed by atoms with Gasteiger partial charge in [-0.05, 0) is 49.6 Å². The van der Waals surface area contributed by atoms with Crippen LogP contribution in [0.5, 0.6) is 0 Å². The third-order valence-electron chi connectivity index (χ3n) is 4.46. The van der Waals surface area contributed by atoms with E-state index < -0.39 is 0 Å². The molecule has 0 atom stereocenters. The fraction of sp³-hybridized carbons (Fsp3) is 0.300. The molecule has 0 bridgehead atoms. The number of likely N-dealkylation sites (N-methyl/N-ethyl adjacent to an activating group) is 1. The van der Waals surface area contributed by atoms with Crippen molar-refractivity contribution in [1.82, 2.24) is 14.3 Å². The van der Waals surface area contributed by atoms with Crippen LogP contribution in [0.25, 0.3) is 16.9 Å². The molecule has 3 rings (SSSR count). The molecule has 1 aromatic carbocycles. The summed E-state index contributed by atoms with van der Waals surface area (Å²) in [6.45, 7) is 6.25. The van der Waals surface area contributed by atoms with Gasteiger partial charge in [0.15, 0.2) is 0 Å². The lowest BCUT2D eigenvalue weighted by molar-refractivity contribution is -0.128. The number of amides is 1. The Kier molecular flexibility index (Phi) is 4.14. The van der Waals surface area contributed by atoms with Crippen molar-refractivity contribution in [2.45, 2.75) is 27.2 Å². The molecule has 0 aliphatic carbocycles. The topological polar surface area (TPSA) is 37.6 Å². The van der Waals surface area contributed by atoms with Gasteiger partial charge in [0.05, 0.1) is 17.8 Å². The van der Waals surface area contributed by atoms with Gasteiger partial charge in [-0.2, -0.15) is 0 Å². The van der Waals surface area contributed by atoms with Gasteiger partial charge in [-0.25, -0.2) is 4.98 Å². The molecular weight excluding hydrogens is 298 g/mol. The third kappa shape index (κ3) is 2.92. The highest BCUT2D eigenvalue weighted by atomic mass is 16.2. The fourth-order valence-electron chi connectivity index (χ4n) is 2.79. The largest absolute Gasteiger partial charge is 0.348 e. The number of aromatic nitrogens is 2. The number of aryl methyl sites for hydroxylation is 3. The van der Waals surface area contributed by atoms with Gasteiger partial charge < -0.3 is 9.30 Å². The molecule has 0 N–H and O–H groups in total. The molecule has 0 saturated carbocycles. The van der Waals surface area contributed by atoms with Crippen LogP contribution < -0.4 is 0 Å². The van der Waals surface area contributed by atoms with Crippen molar-refractivity contribution in [2.24, 2.45) is 0 Å². The highest BCUT2D eigenvalue weighted by Gasteiger charge is 2.18. The highest BCUT2D eigenvalue weighted by molar-refractivity contribution is 5.81. The zero-order chi connectivity index (χ0) is 17.4. The van der Waals surface area contributed by atoms with Gasteiger partial charge in [0.2, 0.25) is 5.91 Å².